The fraction of sp³-hybridized carbons (Fsp3) is 0.524. The smallest absolute Gasteiger partial charge is 0.434 e. The fourth-order valence-electron chi connectivity index (χ4n) is 2.72. The van der Waals surface area contributed by atoms with E-state index in [0.29, 0.717) is 5.69 Å². The first-order chi connectivity index (χ1) is 12.2. The summed E-state index contributed by atoms with van der Waals surface area (Å²) in [7, 11) is 0. The van der Waals surface area contributed by atoms with Gasteiger partial charge in [0, 0.05) is 5.41 Å². The molecule has 0 radical (unpaired) electrons. The predicted molar refractivity (Wildman–Crippen MR) is 106 cm³/mol. The van der Waals surface area contributed by atoms with Gasteiger partial charge in [-0.3, -0.25) is 0 Å². The number of rotatable bonds is 1. The van der Waals surface area contributed by atoms with E-state index in [1.165, 1.54) is 0 Å². The molecular weight excluding hydrogens is 344 g/mol. The van der Waals surface area contributed by atoms with Crippen molar-refractivity contribution in [3.8, 4) is 0 Å². The Morgan fingerprint density at radius 1 is 0.926 bits per heavy atom. The lowest BCUT2D eigenvalue weighted by Gasteiger charge is -2.28. The van der Waals surface area contributed by atoms with Crippen LogP contribution in [0.3, 0.4) is 0 Å². The maximum Gasteiger partial charge on any atom is 0.434 e. The van der Waals surface area contributed by atoms with Crippen LogP contribution in [-0.2, 0) is 9.47 Å². The maximum atomic E-state index is 12.7. The van der Waals surface area contributed by atoms with Gasteiger partial charge in [-0.15, -0.1) is 0 Å². The topological polar surface area (TPSA) is 67.9 Å². The highest BCUT2D eigenvalue weighted by Gasteiger charge is 2.27. The summed E-state index contributed by atoms with van der Waals surface area (Å²) in [5.74, 6) is 0. The molecule has 0 aliphatic heterocycles. The molecule has 2 rings (SSSR count). The summed E-state index contributed by atoms with van der Waals surface area (Å²) >= 11 is 0. The van der Waals surface area contributed by atoms with Crippen molar-refractivity contribution in [3.05, 3.63) is 28.6 Å². The van der Waals surface area contributed by atoms with E-state index in [-0.39, 0.29) is 5.41 Å². The zero-order valence-corrected chi connectivity index (χ0v) is 17.5. The van der Waals surface area contributed by atoms with Crippen molar-refractivity contribution in [2.45, 2.75) is 66.6 Å². The van der Waals surface area contributed by atoms with Crippen LogP contribution in [0.5, 0.6) is 0 Å². The number of hydrazine groups is 1. The third-order valence-corrected chi connectivity index (χ3v) is 3.56. The number of anilines is 1. The average Bonchev–Trinajstić information content (AvgIpc) is 2.73. The van der Waals surface area contributed by atoms with E-state index in [1.54, 1.807) is 47.6 Å². The van der Waals surface area contributed by atoms with Crippen LogP contribution in [0, 0.1) is 5.41 Å². The third kappa shape index (κ3) is 6.01. The number of carbonyl (C=O) groups excluding carboxylic acids is 2. The highest BCUT2D eigenvalue weighted by molar-refractivity contribution is 5.90. The molecule has 0 saturated heterocycles. The molecule has 0 atom stereocenters. The third-order valence-electron chi connectivity index (χ3n) is 3.56. The minimum atomic E-state index is -0.732. The summed E-state index contributed by atoms with van der Waals surface area (Å²) in [5.41, 5.74) is 1.54. The molecule has 0 heterocycles. The second-order valence-corrected chi connectivity index (χ2v) is 9.35. The van der Waals surface area contributed by atoms with Gasteiger partial charge in [-0.1, -0.05) is 32.1 Å². The summed E-state index contributed by atoms with van der Waals surface area (Å²) < 4.78 is 10.7. The van der Waals surface area contributed by atoms with Gasteiger partial charge in [-0.25, -0.2) is 15.0 Å². The predicted octanol–water partition coefficient (Wildman–Crippen LogP) is 3.47. The number of nitrogens with zero attached hydrogens (tertiary/aromatic N) is 1. The molecule has 1 aromatic carbocycles. The molecule has 1 N–H and O–H groups in total. The number of fused-ring (bicyclic) bond motifs is 1. The summed E-state index contributed by atoms with van der Waals surface area (Å²) in [6.45, 7) is 14.8. The molecule has 6 nitrogen and oxygen atoms in total. The number of benzene rings is 1. The van der Waals surface area contributed by atoms with Gasteiger partial charge in [0.25, 0.3) is 0 Å². The zero-order valence-electron chi connectivity index (χ0n) is 17.5. The summed E-state index contributed by atoms with van der Waals surface area (Å²) in [4.78, 5) is 25.0. The van der Waals surface area contributed by atoms with Crippen LogP contribution < -0.4 is 20.9 Å². The Bertz CT molecular complexity index is 858. The standard InChI is InChI=1S/C21H30N2O4/c1-19(2,3)26-17(24)22-23(18(25)27-20(4,5)6)16-10-9-14-12-21(7,8)13-15(14)11-16/h9-13H,1-8H3,(H,22,24). The van der Waals surface area contributed by atoms with E-state index in [1.807, 2.05) is 12.1 Å². The molecule has 0 bridgehead atoms. The van der Waals surface area contributed by atoms with Gasteiger partial charge in [0.1, 0.15) is 11.2 Å². The molecule has 1 aromatic rings. The Morgan fingerprint density at radius 3 is 2.04 bits per heavy atom. The Hall–Kier alpha value is -2.50. The molecular formula is C21H30N2O4. The van der Waals surface area contributed by atoms with Gasteiger partial charge >= 0.3 is 12.2 Å². The summed E-state index contributed by atoms with van der Waals surface area (Å²) in [5, 5.41) is 3.17. The van der Waals surface area contributed by atoms with Crippen LogP contribution in [0.25, 0.3) is 12.2 Å². The molecule has 27 heavy (non-hydrogen) atoms. The monoisotopic (exact) mass is 374 g/mol. The van der Waals surface area contributed by atoms with Gasteiger partial charge in [-0.05, 0) is 64.1 Å². The molecule has 0 unspecified atom stereocenters. The van der Waals surface area contributed by atoms with Gasteiger partial charge in [0.05, 0.1) is 5.69 Å². The van der Waals surface area contributed by atoms with Crippen LogP contribution >= 0.6 is 0 Å². The lowest BCUT2D eigenvalue weighted by molar-refractivity contribution is 0.0425. The van der Waals surface area contributed by atoms with Crippen molar-refractivity contribution in [2.75, 3.05) is 5.01 Å². The second kappa shape index (κ2) is 6.91. The van der Waals surface area contributed by atoms with Gasteiger partial charge in [-0.2, -0.15) is 5.01 Å². The average molecular weight is 374 g/mol. The highest BCUT2D eigenvalue weighted by Crippen LogP contribution is 2.22. The van der Waals surface area contributed by atoms with E-state index in [0.717, 1.165) is 15.4 Å². The van der Waals surface area contributed by atoms with E-state index >= 15 is 0 Å². The molecule has 0 fully saturated rings. The van der Waals surface area contributed by atoms with Gasteiger partial charge in [0.15, 0.2) is 0 Å². The number of nitrogens with one attached hydrogen (secondary N) is 1. The molecule has 2 amide bonds. The summed E-state index contributed by atoms with van der Waals surface area (Å²) in [6.07, 6.45) is 2.86. The molecule has 148 valence electrons. The van der Waals surface area contributed by atoms with E-state index in [4.69, 9.17) is 9.47 Å². The minimum absolute atomic E-state index is 0.0592. The van der Waals surface area contributed by atoms with Crippen molar-refractivity contribution in [2.24, 2.45) is 5.41 Å². The molecule has 0 aromatic heterocycles. The largest absolute Gasteiger partial charge is 0.443 e. The Morgan fingerprint density at radius 2 is 1.48 bits per heavy atom. The summed E-state index contributed by atoms with van der Waals surface area (Å²) in [6, 6.07) is 5.54. The SMILES string of the molecule is CC1(C)C=c2ccc(N(NC(=O)OC(C)(C)C)C(=O)OC(C)(C)C)cc2=C1. The van der Waals surface area contributed by atoms with E-state index < -0.39 is 23.4 Å². The Balaban J connectivity index is 2.38. The van der Waals surface area contributed by atoms with Crippen molar-refractivity contribution in [1.29, 1.82) is 0 Å². The Labute approximate surface area is 160 Å². The van der Waals surface area contributed by atoms with Crippen molar-refractivity contribution in [1.82, 2.24) is 5.43 Å². The first kappa shape index (κ1) is 20.8. The zero-order chi connectivity index (χ0) is 20.6. The number of carbonyl (C=O) groups is 2. The molecule has 1 aliphatic rings. The van der Waals surface area contributed by atoms with Crippen molar-refractivity contribution in [3.63, 3.8) is 0 Å². The lowest BCUT2D eigenvalue weighted by Crippen LogP contribution is -2.50. The quantitative estimate of drug-likeness (QED) is 0.765. The number of hydrogen-bond donors (Lipinski definition) is 1. The van der Waals surface area contributed by atoms with Crippen molar-refractivity contribution < 1.29 is 19.1 Å². The van der Waals surface area contributed by atoms with Crippen LogP contribution in [0.4, 0.5) is 15.3 Å². The number of amides is 2. The van der Waals surface area contributed by atoms with Crippen LogP contribution in [0.1, 0.15) is 55.4 Å². The number of hydrogen-bond acceptors (Lipinski definition) is 4. The number of ether oxygens (including phenoxy) is 2. The van der Waals surface area contributed by atoms with E-state index in [2.05, 4.69) is 31.4 Å². The molecule has 6 heteroatoms. The first-order valence-electron chi connectivity index (χ1n) is 9.04. The normalized spacial score (nSPS) is 15.1. The molecule has 1 aliphatic carbocycles. The molecule has 0 saturated carbocycles. The second-order valence-electron chi connectivity index (χ2n) is 9.35. The van der Waals surface area contributed by atoms with Gasteiger partial charge in [0.2, 0.25) is 0 Å². The Kier molecular flexibility index (Phi) is 5.32. The fourth-order valence-corrected chi connectivity index (χ4v) is 2.72. The van der Waals surface area contributed by atoms with Crippen molar-refractivity contribution >= 4 is 30.0 Å². The van der Waals surface area contributed by atoms with Crippen LogP contribution in [0.2, 0.25) is 0 Å². The first-order valence-corrected chi connectivity index (χ1v) is 9.04. The van der Waals surface area contributed by atoms with Gasteiger partial charge < -0.3 is 9.47 Å². The van der Waals surface area contributed by atoms with Crippen LogP contribution in [0.15, 0.2) is 18.2 Å². The molecule has 0 spiro atoms. The highest BCUT2D eigenvalue weighted by atomic mass is 16.6. The van der Waals surface area contributed by atoms with Crippen LogP contribution in [-0.4, -0.2) is 23.4 Å². The lowest BCUT2D eigenvalue weighted by atomic mass is 9.96. The van der Waals surface area contributed by atoms with E-state index in [9.17, 15) is 9.59 Å². The maximum absolute atomic E-state index is 12.7. The minimum Gasteiger partial charge on any atom is -0.443 e.